The van der Waals surface area contributed by atoms with Crippen LogP contribution in [0.3, 0.4) is 0 Å². The Kier molecular flexibility index (Phi) is 2.66. The van der Waals surface area contributed by atoms with Gasteiger partial charge in [-0.3, -0.25) is 14.5 Å². The zero-order chi connectivity index (χ0) is 13.9. The Balaban J connectivity index is 1.63. The van der Waals surface area contributed by atoms with Crippen LogP contribution >= 0.6 is 11.6 Å². The number of hydrogen-bond acceptors (Lipinski definition) is 3. The molecule has 3 aliphatic rings. The molecule has 3 fully saturated rings. The van der Waals surface area contributed by atoms with Gasteiger partial charge in [-0.15, -0.1) is 0 Å². The molecule has 2 amide bonds. The van der Waals surface area contributed by atoms with E-state index in [-0.39, 0.29) is 42.4 Å². The number of carbonyl (C=O) groups is 2. The fourth-order valence-corrected chi connectivity index (χ4v) is 3.92. The van der Waals surface area contributed by atoms with Gasteiger partial charge in [-0.1, -0.05) is 29.8 Å². The Morgan fingerprint density at radius 2 is 1.70 bits per heavy atom. The van der Waals surface area contributed by atoms with Crippen molar-refractivity contribution in [2.24, 2.45) is 11.8 Å². The lowest BCUT2D eigenvalue weighted by molar-refractivity contribution is -0.143. The first-order valence-electron chi connectivity index (χ1n) is 6.91. The molecule has 104 valence electrons. The zero-order valence-electron chi connectivity index (χ0n) is 10.8. The van der Waals surface area contributed by atoms with Crippen molar-refractivity contribution in [2.45, 2.75) is 31.6 Å². The van der Waals surface area contributed by atoms with E-state index in [2.05, 4.69) is 0 Å². The molecule has 4 unspecified atom stereocenters. The fraction of sp³-hybridized carbons (Fsp3) is 0.467. The highest BCUT2D eigenvalue weighted by atomic mass is 35.5. The number of nitrogens with zero attached hydrogens (tertiary/aromatic N) is 1. The second-order valence-corrected chi connectivity index (χ2v) is 6.10. The molecule has 0 spiro atoms. The molecule has 5 heteroatoms. The third kappa shape index (κ3) is 1.58. The molecule has 3 saturated heterocycles. The van der Waals surface area contributed by atoms with E-state index in [1.165, 1.54) is 4.90 Å². The molecule has 0 aliphatic carbocycles. The van der Waals surface area contributed by atoms with Gasteiger partial charge in [0.05, 0.1) is 30.6 Å². The molecule has 3 aliphatic heterocycles. The van der Waals surface area contributed by atoms with E-state index in [4.69, 9.17) is 16.3 Å². The van der Waals surface area contributed by atoms with Crippen LogP contribution in [0.1, 0.15) is 18.4 Å². The lowest BCUT2D eigenvalue weighted by atomic mass is 9.81. The minimum atomic E-state index is -0.260. The van der Waals surface area contributed by atoms with Crippen molar-refractivity contribution in [3.8, 4) is 0 Å². The fourth-order valence-electron chi connectivity index (χ4n) is 3.73. The third-order valence-corrected chi connectivity index (χ3v) is 5.03. The first kappa shape index (κ1) is 12.4. The summed E-state index contributed by atoms with van der Waals surface area (Å²) in [5, 5.41) is 0.587. The minimum Gasteiger partial charge on any atom is -0.373 e. The summed E-state index contributed by atoms with van der Waals surface area (Å²) in [7, 11) is 0. The topological polar surface area (TPSA) is 46.6 Å². The SMILES string of the molecule is O=C1C2C3CCC(O3)C2C(=O)N1Cc1ccccc1Cl. The van der Waals surface area contributed by atoms with Gasteiger partial charge in [0.2, 0.25) is 11.8 Å². The number of ether oxygens (including phenoxy) is 1. The van der Waals surface area contributed by atoms with E-state index in [0.29, 0.717) is 5.02 Å². The molecule has 2 bridgehead atoms. The number of rotatable bonds is 2. The van der Waals surface area contributed by atoms with Crippen LogP contribution in [0, 0.1) is 11.8 Å². The smallest absolute Gasteiger partial charge is 0.236 e. The van der Waals surface area contributed by atoms with Gasteiger partial charge in [0, 0.05) is 5.02 Å². The predicted octanol–water partition coefficient (Wildman–Crippen LogP) is 2.00. The first-order chi connectivity index (χ1) is 9.66. The van der Waals surface area contributed by atoms with Crippen molar-refractivity contribution >= 4 is 23.4 Å². The van der Waals surface area contributed by atoms with Crippen molar-refractivity contribution in [3.63, 3.8) is 0 Å². The number of hydrogen-bond donors (Lipinski definition) is 0. The molecular formula is C15H14ClNO3. The van der Waals surface area contributed by atoms with E-state index in [1.54, 1.807) is 6.07 Å². The van der Waals surface area contributed by atoms with Crippen molar-refractivity contribution in [2.75, 3.05) is 0 Å². The predicted molar refractivity (Wildman–Crippen MR) is 71.9 cm³/mol. The van der Waals surface area contributed by atoms with Crippen molar-refractivity contribution < 1.29 is 14.3 Å². The molecule has 4 atom stereocenters. The van der Waals surface area contributed by atoms with E-state index in [1.807, 2.05) is 18.2 Å². The van der Waals surface area contributed by atoms with Crippen LogP contribution in [0.25, 0.3) is 0 Å². The molecule has 0 saturated carbocycles. The number of halogens is 1. The maximum absolute atomic E-state index is 12.5. The summed E-state index contributed by atoms with van der Waals surface area (Å²) >= 11 is 6.11. The highest BCUT2D eigenvalue weighted by molar-refractivity contribution is 6.31. The van der Waals surface area contributed by atoms with Crippen LogP contribution in [0.15, 0.2) is 24.3 Å². The lowest BCUT2D eigenvalue weighted by Gasteiger charge is -2.18. The Morgan fingerprint density at radius 3 is 2.30 bits per heavy atom. The van der Waals surface area contributed by atoms with E-state index < -0.39 is 0 Å². The normalized spacial score (nSPS) is 35.0. The van der Waals surface area contributed by atoms with E-state index >= 15 is 0 Å². The second kappa shape index (κ2) is 4.30. The zero-order valence-corrected chi connectivity index (χ0v) is 11.5. The van der Waals surface area contributed by atoms with Gasteiger partial charge >= 0.3 is 0 Å². The van der Waals surface area contributed by atoms with Gasteiger partial charge in [0.15, 0.2) is 0 Å². The number of benzene rings is 1. The number of likely N-dealkylation sites (tertiary alicyclic amines) is 1. The molecule has 1 aromatic rings. The van der Waals surface area contributed by atoms with Gasteiger partial charge < -0.3 is 4.74 Å². The van der Waals surface area contributed by atoms with Crippen LogP contribution in [0.5, 0.6) is 0 Å². The van der Waals surface area contributed by atoms with Crippen LogP contribution in [0.2, 0.25) is 5.02 Å². The molecule has 0 N–H and O–H groups in total. The average molecular weight is 292 g/mol. The molecular weight excluding hydrogens is 278 g/mol. The summed E-state index contributed by atoms with van der Waals surface area (Å²) in [6.07, 6.45) is 1.67. The van der Waals surface area contributed by atoms with Gasteiger partial charge in [-0.2, -0.15) is 0 Å². The molecule has 20 heavy (non-hydrogen) atoms. The molecule has 0 radical (unpaired) electrons. The van der Waals surface area contributed by atoms with Crippen molar-refractivity contribution in [1.82, 2.24) is 4.90 Å². The summed E-state index contributed by atoms with van der Waals surface area (Å²) in [5.74, 6) is -0.702. The van der Waals surface area contributed by atoms with Gasteiger partial charge in [-0.05, 0) is 24.5 Å². The Bertz CT molecular complexity index is 575. The highest BCUT2D eigenvalue weighted by Crippen LogP contribution is 2.48. The van der Waals surface area contributed by atoms with Crippen molar-refractivity contribution in [1.29, 1.82) is 0 Å². The van der Waals surface area contributed by atoms with Crippen molar-refractivity contribution in [3.05, 3.63) is 34.9 Å². The van der Waals surface area contributed by atoms with Crippen LogP contribution in [-0.2, 0) is 20.9 Å². The lowest BCUT2D eigenvalue weighted by Crippen LogP contribution is -2.33. The molecule has 4 nitrogen and oxygen atoms in total. The monoisotopic (exact) mass is 291 g/mol. The van der Waals surface area contributed by atoms with Crippen LogP contribution < -0.4 is 0 Å². The molecule has 3 heterocycles. The Labute approximate surface area is 121 Å². The standard InChI is InChI=1S/C15H14ClNO3/c16-9-4-2-1-3-8(9)7-17-14(18)12-10-5-6-11(20-10)13(12)15(17)19/h1-4,10-13H,5-7H2. The van der Waals surface area contributed by atoms with Gasteiger partial charge in [0.1, 0.15) is 0 Å². The number of amides is 2. The summed E-state index contributed by atoms with van der Waals surface area (Å²) in [6.45, 7) is 0.268. The first-order valence-corrected chi connectivity index (χ1v) is 7.28. The summed E-state index contributed by atoms with van der Waals surface area (Å²) < 4.78 is 5.71. The second-order valence-electron chi connectivity index (χ2n) is 5.70. The minimum absolute atomic E-state index is 0.0577. The molecule has 1 aromatic carbocycles. The quantitative estimate of drug-likeness (QED) is 0.783. The maximum atomic E-state index is 12.5. The summed E-state index contributed by atoms with van der Waals surface area (Å²) in [4.78, 5) is 26.3. The van der Waals surface area contributed by atoms with E-state index in [9.17, 15) is 9.59 Å². The summed E-state index contributed by atoms with van der Waals surface area (Å²) in [6, 6.07) is 7.32. The average Bonchev–Trinajstić information content (AvgIpc) is 3.10. The van der Waals surface area contributed by atoms with E-state index in [0.717, 1.165) is 18.4 Å². The molecule has 0 aromatic heterocycles. The largest absolute Gasteiger partial charge is 0.373 e. The Morgan fingerprint density at radius 1 is 1.10 bits per heavy atom. The number of imide groups is 1. The number of carbonyl (C=O) groups excluding carboxylic acids is 2. The molecule has 4 rings (SSSR count). The van der Waals surface area contributed by atoms with Gasteiger partial charge in [0.25, 0.3) is 0 Å². The Hall–Kier alpha value is -1.39. The van der Waals surface area contributed by atoms with Crippen LogP contribution in [0.4, 0.5) is 0 Å². The third-order valence-electron chi connectivity index (χ3n) is 4.66. The van der Waals surface area contributed by atoms with Gasteiger partial charge in [-0.25, -0.2) is 0 Å². The number of fused-ring (bicyclic) bond motifs is 5. The summed E-state index contributed by atoms with van der Waals surface area (Å²) in [5.41, 5.74) is 0.809. The highest BCUT2D eigenvalue weighted by Gasteiger charge is 2.62. The maximum Gasteiger partial charge on any atom is 0.236 e. The van der Waals surface area contributed by atoms with Crippen LogP contribution in [-0.4, -0.2) is 28.9 Å².